The minimum Gasteiger partial charge on any atom is -0.379 e. The molecule has 1 aliphatic rings. The molecule has 10 heteroatoms. The quantitative estimate of drug-likeness (QED) is 0.337. The van der Waals surface area contributed by atoms with Crippen LogP contribution < -0.4 is 10.9 Å². The van der Waals surface area contributed by atoms with E-state index < -0.39 is 6.04 Å². The van der Waals surface area contributed by atoms with Gasteiger partial charge in [0, 0.05) is 31.0 Å². The van der Waals surface area contributed by atoms with E-state index in [9.17, 15) is 9.59 Å². The Labute approximate surface area is 236 Å². The first-order chi connectivity index (χ1) is 20.0. The van der Waals surface area contributed by atoms with E-state index in [1.54, 1.807) is 40.5 Å². The van der Waals surface area contributed by atoms with Gasteiger partial charge < -0.3 is 10.1 Å². The topological polar surface area (TPSA) is 107 Å². The zero-order valence-electron chi connectivity index (χ0n) is 22.9. The van der Waals surface area contributed by atoms with Gasteiger partial charge in [0.1, 0.15) is 11.4 Å². The maximum absolute atomic E-state index is 14.2. The van der Waals surface area contributed by atoms with Crippen molar-refractivity contribution in [3.8, 4) is 17.5 Å². The van der Waals surface area contributed by atoms with Crippen LogP contribution in [-0.4, -0.2) is 67.8 Å². The molecule has 1 amide bonds. The minimum atomic E-state index is -0.617. The van der Waals surface area contributed by atoms with E-state index in [0.29, 0.717) is 64.6 Å². The Kier molecular flexibility index (Phi) is 7.29. The van der Waals surface area contributed by atoms with Crippen LogP contribution in [0.15, 0.2) is 71.8 Å². The summed E-state index contributed by atoms with van der Waals surface area (Å²) in [5, 5.41) is 7.86. The first-order valence-corrected chi connectivity index (χ1v) is 13.5. The highest BCUT2D eigenvalue weighted by Gasteiger charge is 2.24. The number of hydrogen-bond donors (Lipinski definition) is 1. The first kappa shape index (κ1) is 26.4. The zero-order chi connectivity index (χ0) is 28.3. The van der Waals surface area contributed by atoms with Gasteiger partial charge in [0.05, 0.1) is 48.1 Å². The number of ether oxygens (including phenoxy) is 1. The van der Waals surface area contributed by atoms with Gasteiger partial charge in [-0.05, 0) is 44.2 Å². The van der Waals surface area contributed by atoms with Gasteiger partial charge in [-0.3, -0.25) is 19.1 Å². The molecule has 5 aromatic rings. The van der Waals surface area contributed by atoms with Crippen LogP contribution in [0, 0.1) is 18.8 Å². The number of hydrogen-bond acceptors (Lipinski definition) is 7. The molecule has 10 nitrogen and oxygen atoms in total. The molecule has 3 aromatic heterocycles. The number of aromatic nitrogens is 5. The molecule has 1 atom stereocenters. The molecular formula is C31H29N7O3. The average Bonchev–Trinajstić information content (AvgIpc) is 3.33. The molecule has 0 unspecified atom stereocenters. The molecule has 1 fully saturated rings. The van der Waals surface area contributed by atoms with Gasteiger partial charge >= 0.3 is 0 Å². The van der Waals surface area contributed by atoms with Crippen molar-refractivity contribution < 1.29 is 9.53 Å². The third kappa shape index (κ3) is 5.20. The Morgan fingerprint density at radius 2 is 1.90 bits per heavy atom. The molecule has 0 aliphatic carbocycles. The average molecular weight is 548 g/mol. The molecule has 6 rings (SSSR count). The van der Waals surface area contributed by atoms with Crippen molar-refractivity contribution >= 4 is 22.5 Å². The molecule has 0 saturated carbocycles. The smallest absolute Gasteiger partial charge is 0.267 e. The second-order valence-corrected chi connectivity index (χ2v) is 9.88. The maximum Gasteiger partial charge on any atom is 0.267 e. The Balaban J connectivity index is 1.41. The van der Waals surface area contributed by atoms with Crippen molar-refractivity contribution in [3.63, 3.8) is 0 Å². The molecule has 0 spiro atoms. The summed E-state index contributed by atoms with van der Waals surface area (Å²) in [5.74, 6) is 6.49. The molecule has 1 aliphatic heterocycles. The van der Waals surface area contributed by atoms with Crippen molar-refractivity contribution in [2.75, 3.05) is 32.8 Å². The lowest BCUT2D eigenvalue weighted by Crippen LogP contribution is -2.36. The number of aryl methyl sites for hydroxylation is 1. The molecular weight excluding hydrogens is 518 g/mol. The van der Waals surface area contributed by atoms with Gasteiger partial charge in [-0.25, -0.2) is 14.5 Å². The SMILES string of the molecule is Cc1nn2cccnc2c1C(=O)N[C@@H](C)c1nc2cccc(C#CCN3CCOCC3)c2c(=O)n1-c1ccccc1. The van der Waals surface area contributed by atoms with Gasteiger partial charge in [-0.2, -0.15) is 5.10 Å². The number of para-hydroxylation sites is 1. The summed E-state index contributed by atoms with van der Waals surface area (Å²) < 4.78 is 8.55. The molecule has 41 heavy (non-hydrogen) atoms. The Morgan fingerprint density at radius 3 is 2.71 bits per heavy atom. The number of benzene rings is 2. The fourth-order valence-electron chi connectivity index (χ4n) is 5.07. The fraction of sp³-hybridized carbons (Fsp3) is 0.258. The lowest BCUT2D eigenvalue weighted by atomic mass is 10.1. The number of carbonyl (C=O) groups excluding carboxylic acids is 1. The molecule has 0 bridgehead atoms. The van der Waals surface area contributed by atoms with Crippen molar-refractivity contribution in [2.24, 2.45) is 0 Å². The summed E-state index contributed by atoms with van der Waals surface area (Å²) in [4.78, 5) is 39.1. The first-order valence-electron chi connectivity index (χ1n) is 13.5. The van der Waals surface area contributed by atoms with Crippen LogP contribution in [0.3, 0.4) is 0 Å². The number of rotatable bonds is 5. The summed E-state index contributed by atoms with van der Waals surface area (Å²) in [7, 11) is 0. The standard InChI is InChI=1S/C31H29N7O3/c1-21-26(29-32-14-8-16-37(29)35-21)30(39)33-22(2)28-34-25-13-6-9-23(10-7-15-36-17-19-41-20-18-36)27(25)31(40)38(28)24-11-4-3-5-12-24/h3-6,8-9,11-14,16,22H,15,17-20H2,1-2H3,(H,33,39)/t22-/m0/s1. The van der Waals surface area contributed by atoms with E-state index in [-0.39, 0.29) is 11.5 Å². The molecule has 206 valence electrons. The predicted octanol–water partition coefficient (Wildman–Crippen LogP) is 2.91. The monoisotopic (exact) mass is 547 g/mol. The number of nitrogens with zero attached hydrogens (tertiary/aromatic N) is 6. The highest BCUT2D eigenvalue weighted by molar-refractivity contribution is 6.01. The van der Waals surface area contributed by atoms with Crippen LogP contribution in [-0.2, 0) is 4.74 Å². The van der Waals surface area contributed by atoms with Crippen LogP contribution in [0.2, 0.25) is 0 Å². The number of nitrogens with one attached hydrogen (secondary N) is 1. The van der Waals surface area contributed by atoms with E-state index in [4.69, 9.17) is 9.72 Å². The van der Waals surface area contributed by atoms with Crippen molar-refractivity contribution in [3.05, 3.63) is 100.0 Å². The van der Waals surface area contributed by atoms with Crippen LogP contribution >= 0.6 is 0 Å². The lowest BCUT2D eigenvalue weighted by molar-refractivity contribution is 0.0443. The van der Waals surface area contributed by atoms with Crippen LogP contribution in [0.4, 0.5) is 0 Å². The predicted molar refractivity (Wildman–Crippen MR) is 155 cm³/mol. The van der Waals surface area contributed by atoms with E-state index >= 15 is 0 Å². The van der Waals surface area contributed by atoms with Crippen LogP contribution in [0.1, 0.15) is 40.4 Å². The summed E-state index contributed by atoms with van der Waals surface area (Å²) in [6.07, 6.45) is 3.37. The maximum atomic E-state index is 14.2. The largest absolute Gasteiger partial charge is 0.379 e. The van der Waals surface area contributed by atoms with Crippen molar-refractivity contribution in [1.82, 2.24) is 34.4 Å². The number of morpholine rings is 1. The normalized spacial score (nSPS) is 14.5. The van der Waals surface area contributed by atoms with E-state index in [2.05, 4.69) is 32.1 Å². The van der Waals surface area contributed by atoms with Gasteiger partial charge in [0.25, 0.3) is 11.5 Å². The van der Waals surface area contributed by atoms with Gasteiger partial charge in [-0.1, -0.05) is 36.1 Å². The number of carbonyl (C=O) groups is 1. The summed E-state index contributed by atoms with van der Waals surface area (Å²) in [6.45, 7) is 7.25. The molecule has 1 saturated heterocycles. The Hall–Kier alpha value is -4.85. The lowest BCUT2D eigenvalue weighted by Gasteiger charge is -2.24. The zero-order valence-corrected chi connectivity index (χ0v) is 22.9. The molecule has 4 heterocycles. The fourth-order valence-corrected chi connectivity index (χ4v) is 5.07. The van der Waals surface area contributed by atoms with Gasteiger partial charge in [0.2, 0.25) is 0 Å². The second kappa shape index (κ2) is 11.3. The molecule has 2 aromatic carbocycles. The third-order valence-electron chi connectivity index (χ3n) is 7.10. The van der Waals surface area contributed by atoms with Gasteiger partial charge in [0.15, 0.2) is 5.65 Å². The van der Waals surface area contributed by atoms with E-state index in [1.807, 2.05) is 49.4 Å². The number of amides is 1. The van der Waals surface area contributed by atoms with Crippen molar-refractivity contribution in [2.45, 2.75) is 19.9 Å². The minimum absolute atomic E-state index is 0.248. The Morgan fingerprint density at radius 1 is 1.10 bits per heavy atom. The molecule has 0 radical (unpaired) electrons. The van der Waals surface area contributed by atoms with Crippen LogP contribution in [0.25, 0.3) is 22.2 Å². The Bertz CT molecular complexity index is 1860. The van der Waals surface area contributed by atoms with Crippen molar-refractivity contribution in [1.29, 1.82) is 0 Å². The van der Waals surface area contributed by atoms with E-state index in [0.717, 1.165) is 13.1 Å². The van der Waals surface area contributed by atoms with Crippen LogP contribution in [0.5, 0.6) is 0 Å². The molecule has 1 N–H and O–H groups in total. The summed E-state index contributed by atoms with van der Waals surface area (Å²) in [6, 6.07) is 15.9. The number of fused-ring (bicyclic) bond motifs is 2. The van der Waals surface area contributed by atoms with E-state index in [1.165, 1.54) is 0 Å². The third-order valence-corrected chi connectivity index (χ3v) is 7.10. The second-order valence-electron chi connectivity index (χ2n) is 9.88. The summed E-state index contributed by atoms with van der Waals surface area (Å²) in [5.41, 5.74) is 2.93. The highest BCUT2D eigenvalue weighted by Crippen LogP contribution is 2.21. The highest BCUT2D eigenvalue weighted by atomic mass is 16.5. The van der Waals surface area contributed by atoms with Gasteiger partial charge in [-0.15, -0.1) is 0 Å². The summed E-state index contributed by atoms with van der Waals surface area (Å²) >= 11 is 0.